The molecule has 0 saturated carbocycles. The lowest BCUT2D eigenvalue weighted by molar-refractivity contribution is -0.147. The van der Waals surface area contributed by atoms with E-state index in [1.54, 1.807) is 22.0 Å². The molecule has 9 heteroatoms. The van der Waals surface area contributed by atoms with E-state index in [4.69, 9.17) is 4.74 Å². The monoisotopic (exact) mass is 711 g/mol. The van der Waals surface area contributed by atoms with E-state index in [9.17, 15) is 9.90 Å². The molecule has 0 aliphatic carbocycles. The number of nitrogens with zero attached hydrogens (tertiary/aromatic N) is 3. The zero-order valence-corrected chi connectivity index (χ0v) is 29.0. The molecule has 3 fully saturated rings. The molecule has 48 heavy (non-hydrogen) atoms. The predicted octanol–water partition coefficient (Wildman–Crippen LogP) is 5.52. The molecule has 2 bridgehead atoms. The fourth-order valence-corrected chi connectivity index (χ4v) is 9.14. The molecule has 3 heterocycles. The maximum Gasteiger partial charge on any atom is 0.253 e. The van der Waals surface area contributed by atoms with Crippen molar-refractivity contribution < 1.29 is 24.2 Å². The van der Waals surface area contributed by atoms with Gasteiger partial charge >= 0.3 is 0 Å². The zero-order valence-electron chi connectivity index (χ0n) is 27.4. The van der Waals surface area contributed by atoms with E-state index in [1.165, 1.54) is 4.90 Å². The van der Waals surface area contributed by atoms with Crippen molar-refractivity contribution in [3.05, 3.63) is 126 Å². The summed E-state index contributed by atoms with van der Waals surface area (Å²) in [7, 11) is 0. The maximum atomic E-state index is 15.2. The lowest BCUT2D eigenvalue weighted by Gasteiger charge is -2.40. The molecule has 3 aromatic rings. The number of rotatable bonds is 12. The van der Waals surface area contributed by atoms with Crippen LogP contribution < -0.4 is 4.90 Å². The smallest absolute Gasteiger partial charge is 0.253 e. The molecule has 3 aliphatic rings. The normalized spacial score (nSPS) is 26.2. The highest BCUT2D eigenvalue weighted by Crippen LogP contribution is 2.61. The molecule has 3 unspecified atom stereocenters. The molecular formula is C39H42BrN3O5. The van der Waals surface area contributed by atoms with Crippen LogP contribution in [0.3, 0.4) is 0 Å². The highest BCUT2D eigenvalue weighted by atomic mass is 79.9. The van der Waals surface area contributed by atoms with Crippen LogP contribution in [0.1, 0.15) is 34.7 Å². The average Bonchev–Trinajstić information content (AvgIpc) is 3.68. The van der Waals surface area contributed by atoms with Gasteiger partial charge in [-0.1, -0.05) is 107 Å². The Bertz CT molecular complexity index is 1680. The first-order chi connectivity index (χ1) is 23.2. The standard InChI is InChI=1S/C39H42BrN3O5/c1-5-20-41(23-27-16-9-7-10-17-27)36(45)31-32-37(46)43(30(24-44)28-18-11-8-12-19-28)35(39(32)22-29(40)34(31)48-39)38(47)42(21-6-2)33-25(3)14-13-15-26(33)4/h5-19,29-32,34-35,44H,1-2,20-24H2,3-4H3/t29?,30-,31+,32+,34+,35?,39?/m1/s1. The van der Waals surface area contributed by atoms with Crippen molar-refractivity contribution in [2.45, 2.75) is 55.4 Å². The number of carbonyl (C=O) groups excluding carboxylic acids is 3. The molecule has 0 radical (unpaired) electrons. The molecular weight excluding hydrogens is 670 g/mol. The van der Waals surface area contributed by atoms with Crippen LogP contribution in [0.2, 0.25) is 0 Å². The molecule has 7 atom stereocenters. The minimum Gasteiger partial charge on any atom is -0.394 e. The van der Waals surface area contributed by atoms with Gasteiger partial charge in [-0.3, -0.25) is 14.4 Å². The molecule has 250 valence electrons. The Morgan fingerprint density at radius 2 is 1.60 bits per heavy atom. The van der Waals surface area contributed by atoms with E-state index < -0.39 is 42.2 Å². The molecule has 0 aromatic heterocycles. The molecule has 8 nitrogen and oxygen atoms in total. The first kappa shape index (κ1) is 33.8. The molecule has 3 saturated heterocycles. The summed E-state index contributed by atoms with van der Waals surface area (Å²) in [5.74, 6) is -2.70. The largest absolute Gasteiger partial charge is 0.394 e. The van der Waals surface area contributed by atoms with Gasteiger partial charge in [-0.15, -0.1) is 13.2 Å². The number of carbonyl (C=O) groups is 3. The lowest BCUT2D eigenvalue weighted by Crippen LogP contribution is -2.58. The summed E-state index contributed by atoms with van der Waals surface area (Å²) in [6, 6.07) is 22.8. The summed E-state index contributed by atoms with van der Waals surface area (Å²) >= 11 is 3.81. The Labute approximate surface area is 290 Å². The Morgan fingerprint density at radius 1 is 0.979 bits per heavy atom. The molecule has 3 aromatic carbocycles. The number of alkyl halides is 1. The maximum absolute atomic E-state index is 15.2. The summed E-state index contributed by atoms with van der Waals surface area (Å²) in [4.78, 5) is 49.5. The quantitative estimate of drug-likeness (QED) is 0.198. The number of fused-ring (bicyclic) bond motifs is 1. The number of ether oxygens (including phenoxy) is 1. The van der Waals surface area contributed by atoms with Gasteiger partial charge in [0.2, 0.25) is 11.8 Å². The number of aryl methyl sites for hydroxylation is 2. The van der Waals surface area contributed by atoms with Crippen molar-refractivity contribution in [1.29, 1.82) is 0 Å². The minimum atomic E-state index is -1.31. The molecule has 3 aliphatic heterocycles. The number of likely N-dealkylation sites (tertiary alicyclic amines) is 1. The topological polar surface area (TPSA) is 90.4 Å². The molecule has 1 N–H and O–H groups in total. The van der Waals surface area contributed by atoms with Gasteiger partial charge < -0.3 is 24.5 Å². The van der Waals surface area contributed by atoms with Crippen molar-refractivity contribution in [3.8, 4) is 0 Å². The second-order valence-corrected chi connectivity index (χ2v) is 14.2. The number of benzene rings is 3. The number of halogens is 1. The van der Waals surface area contributed by atoms with Crippen molar-refractivity contribution in [3.63, 3.8) is 0 Å². The number of aliphatic hydroxyl groups excluding tert-OH is 1. The van der Waals surface area contributed by atoms with Crippen molar-refractivity contribution in [2.24, 2.45) is 11.8 Å². The molecule has 6 rings (SSSR count). The van der Waals surface area contributed by atoms with Crippen LogP contribution in [0.15, 0.2) is 104 Å². The van der Waals surface area contributed by atoms with E-state index in [-0.39, 0.29) is 35.6 Å². The van der Waals surface area contributed by atoms with E-state index in [1.807, 2.05) is 92.7 Å². The van der Waals surface area contributed by atoms with E-state index >= 15 is 9.59 Å². The number of hydrogen-bond acceptors (Lipinski definition) is 5. The van der Waals surface area contributed by atoms with E-state index in [0.29, 0.717) is 18.5 Å². The van der Waals surface area contributed by atoms with Crippen molar-refractivity contribution >= 4 is 39.3 Å². The fourth-order valence-electron chi connectivity index (χ4n) is 8.20. The summed E-state index contributed by atoms with van der Waals surface area (Å²) in [6.07, 6.45) is 3.08. The van der Waals surface area contributed by atoms with Gasteiger partial charge in [0, 0.05) is 30.1 Å². The minimum absolute atomic E-state index is 0.201. The second-order valence-electron chi connectivity index (χ2n) is 13.0. The van der Waals surface area contributed by atoms with Gasteiger partial charge in [-0.25, -0.2) is 0 Å². The van der Waals surface area contributed by atoms with E-state index in [2.05, 4.69) is 29.1 Å². The Hall–Kier alpha value is -4.05. The van der Waals surface area contributed by atoms with Gasteiger partial charge in [0.1, 0.15) is 11.6 Å². The van der Waals surface area contributed by atoms with Crippen LogP contribution >= 0.6 is 15.9 Å². The highest BCUT2D eigenvalue weighted by Gasteiger charge is 2.77. The fraction of sp³-hybridized carbons (Fsp3) is 0.359. The van der Waals surface area contributed by atoms with Gasteiger partial charge in [0.15, 0.2) is 0 Å². The molecule has 3 amide bonds. The summed E-state index contributed by atoms with van der Waals surface area (Å²) in [5, 5.41) is 10.9. The number of aliphatic hydroxyl groups is 1. The van der Waals surface area contributed by atoms with Crippen molar-refractivity contribution in [1.82, 2.24) is 9.80 Å². The number of amides is 3. The Kier molecular flexibility index (Phi) is 9.74. The van der Waals surface area contributed by atoms with Crippen LogP contribution in [0.5, 0.6) is 0 Å². The third-order valence-corrected chi connectivity index (χ3v) is 10.9. The van der Waals surface area contributed by atoms with Crippen LogP contribution in [0.25, 0.3) is 0 Å². The second kappa shape index (κ2) is 13.8. The Morgan fingerprint density at radius 3 is 2.21 bits per heavy atom. The van der Waals surface area contributed by atoms with Crippen LogP contribution in [0.4, 0.5) is 5.69 Å². The summed E-state index contributed by atoms with van der Waals surface area (Å²) < 4.78 is 6.86. The van der Waals surface area contributed by atoms with Crippen LogP contribution in [-0.4, -0.2) is 74.9 Å². The summed E-state index contributed by atoms with van der Waals surface area (Å²) in [6.45, 7) is 12.2. The van der Waals surface area contributed by atoms with Gasteiger partial charge in [-0.05, 0) is 42.5 Å². The third-order valence-electron chi connectivity index (χ3n) is 10.1. The first-order valence-corrected chi connectivity index (χ1v) is 17.3. The average molecular weight is 713 g/mol. The zero-order chi connectivity index (χ0) is 34.2. The number of anilines is 1. The predicted molar refractivity (Wildman–Crippen MR) is 189 cm³/mol. The Balaban J connectivity index is 1.49. The first-order valence-electron chi connectivity index (χ1n) is 16.4. The lowest BCUT2D eigenvalue weighted by atomic mass is 9.70. The van der Waals surface area contributed by atoms with Gasteiger partial charge in [-0.2, -0.15) is 0 Å². The van der Waals surface area contributed by atoms with Crippen LogP contribution in [-0.2, 0) is 25.7 Å². The summed E-state index contributed by atoms with van der Waals surface area (Å²) in [5.41, 5.74) is 2.88. The van der Waals surface area contributed by atoms with E-state index in [0.717, 1.165) is 22.4 Å². The highest BCUT2D eigenvalue weighted by molar-refractivity contribution is 9.09. The SMILES string of the molecule is C=CCN(Cc1ccccc1)C(=O)[C@H]1[C@H]2C(=O)N([C@H](CO)c3ccccc3)C(C(=O)N(CC=C)c3c(C)cccc3C)C23CC(Br)[C@@H]1O3. The van der Waals surface area contributed by atoms with Crippen molar-refractivity contribution in [2.75, 3.05) is 24.6 Å². The van der Waals surface area contributed by atoms with Gasteiger partial charge in [0.05, 0.1) is 30.6 Å². The number of para-hydroxylation sites is 1. The third kappa shape index (κ3) is 5.61. The van der Waals surface area contributed by atoms with Gasteiger partial charge in [0.25, 0.3) is 5.91 Å². The number of hydrogen-bond donors (Lipinski definition) is 1. The van der Waals surface area contributed by atoms with Crippen LogP contribution in [0, 0.1) is 25.7 Å². The molecule has 1 spiro atoms.